The molecule has 0 radical (unpaired) electrons. The molecule has 5 N–H and O–H groups in total. The van der Waals surface area contributed by atoms with Crippen molar-refractivity contribution in [2.24, 2.45) is 0 Å². The van der Waals surface area contributed by atoms with Gasteiger partial charge < -0.3 is 11.5 Å². The predicted octanol–water partition coefficient (Wildman–Crippen LogP) is 2.65. The largest absolute Gasteiger partial charge is 0.383 e. The van der Waals surface area contributed by atoms with Gasteiger partial charge in [-0.1, -0.05) is 47.0 Å². The number of nitrogen functional groups attached to an aromatic ring is 2. The third-order valence-corrected chi connectivity index (χ3v) is 5.90. The standard InChI is InChI=1S/C15H14FN7OS3/c16-9-3-1-8(2-4-9)6-26-15-23-22-14(27-15)21-12(24)7-25-13-19-10(17)5-11(18)20-13/h1-5H,6-7H2,(H,21,22,24)(H4,17,18,19,20). The summed E-state index contributed by atoms with van der Waals surface area (Å²) in [4.78, 5) is 20.0. The maximum absolute atomic E-state index is 12.9. The molecule has 0 fully saturated rings. The number of nitrogens with one attached hydrogen (secondary N) is 1. The highest BCUT2D eigenvalue weighted by molar-refractivity contribution is 8.00. The van der Waals surface area contributed by atoms with E-state index in [1.807, 2.05) is 0 Å². The van der Waals surface area contributed by atoms with Crippen molar-refractivity contribution < 1.29 is 9.18 Å². The van der Waals surface area contributed by atoms with Crippen LogP contribution in [0.2, 0.25) is 0 Å². The van der Waals surface area contributed by atoms with Crippen molar-refractivity contribution in [3.05, 3.63) is 41.7 Å². The molecule has 0 unspecified atom stereocenters. The Balaban J connectivity index is 1.48. The fraction of sp³-hybridized carbons (Fsp3) is 0.133. The molecule has 0 aliphatic carbocycles. The molecule has 0 saturated carbocycles. The van der Waals surface area contributed by atoms with Gasteiger partial charge in [0, 0.05) is 11.8 Å². The number of nitrogens with two attached hydrogens (primary N) is 2. The molecule has 3 aromatic rings. The highest BCUT2D eigenvalue weighted by Gasteiger charge is 2.11. The van der Waals surface area contributed by atoms with Gasteiger partial charge in [0.1, 0.15) is 17.5 Å². The predicted molar refractivity (Wildman–Crippen MR) is 106 cm³/mol. The highest BCUT2D eigenvalue weighted by atomic mass is 32.2. The van der Waals surface area contributed by atoms with Gasteiger partial charge in [-0.2, -0.15) is 0 Å². The zero-order chi connectivity index (χ0) is 19.2. The van der Waals surface area contributed by atoms with Crippen LogP contribution >= 0.6 is 34.9 Å². The molecular formula is C15H14FN7OS3. The lowest BCUT2D eigenvalue weighted by atomic mass is 10.2. The van der Waals surface area contributed by atoms with Crippen LogP contribution < -0.4 is 16.8 Å². The molecule has 12 heteroatoms. The van der Waals surface area contributed by atoms with E-state index in [1.54, 1.807) is 12.1 Å². The average Bonchev–Trinajstić information content (AvgIpc) is 3.06. The van der Waals surface area contributed by atoms with Crippen LogP contribution in [0.4, 0.5) is 21.2 Å². The van der Waals surface area contributed by atoms with Crippen molar-refractivity contribution in [3.63, 3.8) is 0 Å². The van der Waals surface area contributed by atoms with Crippen LogP contribution in [0.1, 0.15) is 5.56 Å². The fourth-order valence-electron chi connectivity index (χ4n) is 1.86. The summed E-state index contributed by atoms with van der Waals surface area (Å²) in [6.45, 7) is 0. The second-order valence-electron chi connectivity index (χ2n) is 5.13. The minimum Gasteiger partial charge on any atom is -0.383 e. The van der Waals surface area contributed by atoms with Crippen LogP contribution in [0.15, 0.2) is 39.8 Å². The van der Waals surface area contributed by atoms with E-state index in [-0.39, 0.29) is 29.1 Å². The summed E-state index contributed by atoms with van der Waals surface area (Å²) in [5.74, 6) is 0.673. The molecule has 2 heterocycles. The smallest absolute Gasteiger partial charge is 0.236 e. The van der Waals surface area contributed by atoms with Gasteiger partial charge in [-0.25, -0.2) is 14.4 Å². The van der Waals surface area contributed by atoms with Gasteiger partial charge in [0.25, 0.3) is 0 Å². The van der Waals surface area contributed by atoms with Crippen LogP contribution in [-0.2, 0) is 10.5 Å². The molecule has 1 amide bonds. The monoisotopic (exact) mass is 423 g/mol. The molecule has 0 saturated heterocycles. The third-order valence-electron chi connectivity index (χ3n) is 3.01. The van der Waals surface area contributed by atoms with E-state index in [0.717, 1.165) is 17.3 Å². The van der Waals surface area contributed by atoms with E-state index >= 15 is 0 Å². The van der Waals surface area contributed by atoms with Crippen molar-refractivity contribution in [2.45, 2.75) is 15.2 Å². The van der Waals surface area contributed by atoms with E-state index in [2.05, 4.69) is 25.5 Å². The summed E-state index contributed by atoms with van der Waals surface area (Å²) in [5, 5.41) is 11.4. The van der Waals surface area contributed by atoms with Crippen LogP contribution in [-0.4, -0.2) is 31.8 Å². The SMILES string of the molecule is Nc1cc(N)nc(SCC(=O)Nc2nnc(SCc3ccc(F)cc3)s2)n1. The lowest BCUT2D eigenvalue weighted by Gasteiger charge is -2.02. The highest BCUT2D eigenvalue weighted by Crippen LogP contribution is 2.28. The molecule has 3 rings (SSSR count). The Labute approximate surface area is 166 Å². The van der Waals surface area contributed by atoms with Crippen molar-refractivity contribution in [1.82, 2.24) is 20.2 Å². The molecule has 0 atom stereocenters. The van der Waals surface area contributed by atoms with E-state index in [9.17, 15) is 9.18 Å². The van der Waals surface area contributed by atoms with E-state index in [1.165, 1.54) is 41.3 Å². The zero-order valence-corrected chi connectivity index (χ0v) is 16.2. The van der Waals surface area contributed by atoms with Gasteiger partial charge in [0.05, 0.1) is 5.75 Å². The Bertz CT molecular complexity index is 915. The zero-order valence-electron chi connectivity index (χ0n) is 13.8. The number of halogens is 1. The van der Waals surface area contributed by atoms with Crippen molar-refractivity contribution in [2.75, 3.05) is 22.5 Å². The first kappa shape index (κ1) is 19.3. The van der Waals surface area contributed by atoms with E-state index in [0.29, 0.717) is 20.4 Å². The number of hydrogen-bond donors (Lipinski definition) is 3. The molecule has 140 valence electrons. The molecule has 0 aliphatic rings. The number of benzene rings is 1. The summed E-state index contributed by atoms with van der Waals surface area (Å²) < 4.78 is 13.6. The molecule has 2 aromatic heterocycles. The number of anilines is 3. The van der Waals surface area contributed by atoms with Gasteiger partial charge >= 0.3 is 0 Å². The average molecular weight is 424 g/mol. The first-order chi connectivity index (χ1) is 13.0. The Morgan fingerprint density at radius 3 is 2.52 bits per heavy atom. The van der Waals surface area contributed by atoms with E-state index in [4.69, 9.17) is 11.5 Å². The number of thioether (sulfide) groups is 2. The van der Waals surface area contributed by atoms with Crippen LogP contribution in [0.25, 0.3) is 0 Å². The van der Waals surface area contributed by atoms with Crippen LogP contribution in [0.5, 0.6) is 0 Å². The molecule has 0 aliphatic heterocycles. The van der Waals surface area contributed by atoms with Crippen molar-refractivity contribution in [1.29, 1.82) is 0 Å². The fourth-order valence-corrected chi connectivity index (χ4v) is 4.25. The van der Waals surface area contributed by atoms with Crippen LogP contribution in [0.3, 0.4) is 0 Å². The van der Waals surface area contributed by atoms with Gasteiger partial charge in [-0.3, -0.25) is 10.1 Å². The number of nitrogens with zero attached hydrogens (tertiary/aromatic N) is 4. The molecule has 8 nitrogen and oxygen atoms in total. The Morgan fingerprint density at radius 2 is 1.81 bits per heavy atom. The maximum atomic E-state index is 12.9. The number of rotatable bonds is 7. The molecule has 1 aromatic carbocycles. The lowest BCUT2D eigenvalue weighted by molar-refractivity contribution is -0.113. The van der Waals surface area contributed by atoms with Gasteiger partial charge in [0.2, 0.25) is 11.0 Å². The lowest BCUT2D eigenvalue weighted by Crippen LogP contribution is -2.14. The van der Waals surface area contributed by atoms with Crippen LogP contribution in [0, 0.1) is 5.82 Å². The minimum atomic E-state index is -0.270. The maximum Gasteiger partial charge on any atom is 0.236 e. The third kappa shape index (κ3) is 6.05. The number of hydrogen-bond acceptors (Lipinski definition) is 10. The number of aromatic nitrogens is 4. The second-order valence-corrected chi connectivity index (χ2v) is 8.27. The summed E-state index contributed by atoms with van der Waals surface area (Å²) in [6, 6.07) is 7.70. The summed E-state index contributed by atoms with van der Waals surface area (Å²) in [5.41, 5.74) is 12.1. The molecule has 27 heavy (non-hydrogen) atoms. The first-order valence-corrected chi connectivity index (χ1v) is 10.3. The molecule has 0 bridgehead atoms. The number of amides is 1. The van der Waals surface area contributed by atoms with E-state index < -0.39 is 0 Å². The van der Waals surface area contributed by atoms with Gasteiger partial charge in [-0.05, 0) is 17.7 Å². The summed E-state index contributed by atoms with van der Waals surface area (Å²) in [6.07, 6.45) is 0. The number of carbonyl (C=O) groups excluding carboxylic acids is 1. The normalized spacial score (nSPS) is 10.7. The molecule has 0 spiro atoms. The summed E-state index contributed by atoms with van der Waals surface area (Å²) >= 11 is 3.84. The Kier molecular flexibility index (Phi) is 6.42. The second kappa shape index (κ2) is 8.97. The van der Waals surface area contributed by atoms with Gasteiger partial charge in [0.15, 0.2) is 9.50 Å². The van der Waals surface area contributed by atoms with Gasteiger partial charge in [-0.15, -0.1) is 10.2 Å². The topological polar surface area (TPSA) is 133 Å². The molecular weight excluding hydrogens is 409 g/mol. The number of carbonyl (C=O) groups is 1. The Hall–Kier alpha value is -2.44. The Morgan fingerprint density at radius 1 is 1.11 bits per heavy atom. The van der Waals surface area contributed by atoms with Crippen molar-refractivity contribution >= 4 is 57.5 Å². The summed E-state index contributed by atoms with van der Waals surface area (Å²) in [7, 11) is 0. The first-order valence-electron chi connectivity index (χ1n) is 7.51. The quantitative estimate of drug-likeness (QED) is 0.298. The van der Waals surface area contributed by atoms with Crippen molar-refractivity contribution in [3.8, 4) is 0 Å². The minimum absolute atomic E-state index is 0.0839.